The first-order valence-electron chi connectivity index (χ1n) is 11.7. The number of rotatable bonds is 16. The molecule has 0 fully saturated rings. The molecule has 0 bridgehead atoms. The lowest BCUT2D eigenvalue weighted by Crippen LogP contribution is -2.17. The number of methoxy groups -OCH3 is 4. The van der Waals surface area contributed by atoms with Gasteiger partial charge in [-0.1, -0.05) is 31.4 Å². The van der Waals surface area contributed by atoms with E-state index in [4.69, 9.17) is 28.9 Å². The zero-order valence-electron chi connectivity index (χ0n) is 21.3. The van der Waals surface area contributed by atoms with Crippen LogP contribution in [0.15, 0.2) is 36.4 Å². The van der Waals surface area contributed by atoms with Gasteiger partial charge in [0.05, 0.1) is 35.0 Å². The Morgan fingerprint density at radius 1 is 0.806 bits per heavy atom. The van der Waals surface area contributed by atoms with Crippen molar-refractivity contribution in [3.8, 4) is 28.7 Å². The molecule has 0 radical (unpaired) electrons. The number of nitrogens with one attached hydrogen (secondary N) is 1. The summed E-state index contributed by atoms with van der Waals surface area (Å²) in [6.45, 7) is 0.519. The summed E-state index contributed by atoms with van der Waals surface area (Å²) in [6.07, 6.45) is 7.96. The Bertz CT molecular complexity index is 1010. The van der Waals surface area contributed by atoms with E-state index in [1.807, 2.05) is 12.1 Å². The van der Waals surface area contributed by atoms with Crippen LogP contribution in [0.5, 0.6) is 28.7 Å². The third kappa shape index (κ3) is 8.49. The van der Waals surface area contributed by atoms with Crippen LogP contribution in [0.25, 0.3) is 6.08 Å². The molecular formula is C27H35NO8. The molecule has 36 heavy (non-hydrogen) atoms. The van der Waals surface area contributed by atoms with Crippen LogP contribution in [0.2, 0.25) is 0 Å². The lowest BCUT2D eigenvalue weighted by molar-refractivity contribution is -0.129. The summed E-state index contributed by atoms with van der Waals surface area (Å²) in [6, 6.07) is 8.68. The van der Waals surface area contributed by atoms with Gasteiger partial charge in [-0.3, -0.25) is 14.8 Å². The minimum absolute atomic E-state index is 0.219. The second kappa shape index (κ2) is 15.3. The van der Waals surface area contributed by atoms with Gasteiger partial charge in [0.1, 0.15) is 0 Å². The van der Waals surface area contributed by atoms with Crippen LogP contribution in [-0.4, -0.2) is 51.9 Å². The summed E-state index contributed by atoms with van der Waals surface area (Å²) in [5.41, 5.74) is 2.83. The quantitative estimate of drug-likeness (QED) is 0.110. The van der Waals surface area contributed by atoms with E-state index in [-0.39, 0.29) is 11.7 Å². The molecule has 196 valence electrons. The fraction of sp³-hybridized carbons (Fsp3) is 0.407. The number of benzene rings is 2. The second-order valence-electron chi connectivity index (χ2n) is 7.92. The van der Waals surface area contributed by atoms with Crippen LogP contribution in [0.3, 0.4) is 0 Å². The summed E-state index contributed by atoms with van der Waals surface area (Å²) >= 11 is 0. The predicted molar refractivity (Wildman–Crippen MR) is 136 cm³/mol. The van der Waals surface area contributed by atoms with Gasteiger partial charge < -0.3 is 23.7 Å². The third-order valence-electron chi connectivity index (χ3n) is 5.49. The average molecular weight is 502 g/mol. The van der Waals surface area contributed by atoms with E-state index in [1.165, 1.54) is 27.4 Å². The van der Waals surface area contributed by atoms with Crippen LogP contribution >= 0.6 is 0 Å². The molecule has 0 saturated heterocycles. The monoisotopic (exact) mass is 501 g/mol. The molecular weight excluding hydrogens is 466 g/mol. The zero-order chi connectivity index (χ0) is 26.3. The van der Waals surface area contributed by atoms with E-state index in [2.05, 4.69) is 0 Å². The van der Waals surface area contributed by atoms with E-state index < -0.39 is 0 Å². The molecule has 0 aromatic heterocycles. The van der Waals surface area contributed by atoms with Gasteiger partial charge in [-0.25, -0.2) is 5.48 Å². The van der Waals surface area contributed by atoms with Crippen LogP contribution in [0.4, 0.5) is 0 Å². The molecule has 0 aliphatic heterocycles. The summed E-state index contributed by atoms with van der Waals surface area (Å²) in [7, 11) is 6.08. The second-order valence-corrected chi connectivity index (χ2v) is 7.92. The van der Waals surface area contributed by atoms with Crippen molar-refractivity contribution in [2.45, 2.75) is 38.5 Å². The lowest BCUT2D eigenvalue weighted by Gasteiger charge is -2.13. The van der Waals surface area contributed by atoms with E-state index in [1.54, 1.807) is 36.9 Å². The van der Waals surface area contributed by atoms with Crippen LogP contribution in [0.1, 0.15) is 54.4 Å². The normalized spacial score (nSPS) is 10.7. The molecule has 0 atom stereocenters. The van der Waals surface area contributed by atoms with Gasteiger partial charge in [-0.2, -0.15) is 0 Å². The minimum atomic E-state index is -0.357. The number of ketones is 1. The number of ether oxygens (including phenoxy) is 5. The van der Waals surface area contributed by atoms with Gasteiger partial charge >= 0.3 is 0 Å². The van der Waals surface area contributed by atoms with Gasteiger partial charge in [0.15, 0.2) is 28.8 Å². The van der Waals surface area contributed by atoms with Crippen molar-refractivity contribution >= 4 is 17.8 Å². The maximum absolute atomic E-state index is 12.8. The Kier molecular flexibility index (Phi) is 12.1. The molecule has 2 aromatic rings. The van der Waals surface area contributed by atoms with Crippen molar-refractivity contribution in [3.05, 3.63) is 47.5 Å². The molecule has 0 saturated carbocycles. The highest BCUT2D eigenvalue weighted by Gasteiger charge is 2.16. The number of carbonyl (C=O) groups is 2. The topological polar surface area (TPSA) is 113 Å². The van der Waals surface area contributed by atoms with E-state index >= 15 is 0 Å². The van der Waals surface area contributed by atoms with Crippen LogP contribution in [-0.2, 0) is 4.79 Å². The van der Waals surface area contributed by atoms with Crippen LogP contribution in [0, 0.1) is 0 Å². The Hall–Kier alpha value is -3.72. The Morgan fingerprint density at radius 2 is 1.44 bits per heavy atom. The standard InChI is InChI=1S/C27H35NO8/c1-32-22-14-12-19(16-23(22)36-15-9-7-5-6-8-10-26(30)28-31)11-13-21(29)20-17-24(33-2)27(35-4)25(18-20)34-3/h11-14,16-18,31H,5-10,15H2,1-4H3,(H,28,30)/b13-11+. The summed E-state index contributed by atoms with van der Waals surface area (Å²) < 4.78 is 27.3. The zero-order valence-corrected chi connectivity index (χ0v) is 21.3. The SMILES string of the molecule is COc1ccc(/C=C/C(=O)c2cc(OC)c(OC)c(OC)c2)cc1OCCCCCCCC(=O)NO. The first-order chi connectivity index (χ1) is 17.5. The minimum Gasteiger partial charge on any atom is -0.493 e. The molecule has 2 rings (SSSR count). The molecule has 9 nitrogen and oxygen atoms in total. The summed E-state index contributed by atoms with van der Waals surface area (Å²) in [5.74, 6) is 1.87. The summed E-state index contributed by atoms with van der Waals surface area (Å²) in [5, 5.41) is 8.49. The van der Waals surface area contributed by atoms with Crippen molar-refractivity contribution in [1.29, 1.82) is 0 Å². The highest BCUT2D eigenvalue weighted by Crippen LogP contribution is 2.38. The maximum atomic E-state index is 12.8. The van der Waals surface area contributed by atoms with Crippen molar-refractivity contribution in [2.24, 2.45) is 0 Å². The van der Waals surface area contributed by atoms with Crippen molar-refractivity contribution in [1.82, 2.24) is 5.48 Å². The van der Waals surface area contributed by atoms with Crippen molar-refractivity contribution in [2.75, 3.05) is 35.0 Å². The van der Waals surface area contributed by atoms with E-state index in [9.17, 15) is 9.59 Å². The fourth-order valence-electron chi connectivity index (χ4n) is 3.56. The van der Waals surface area contributed by atoms with Crippen LogP contribution < -0.4 is 29.2 Å². The molecule has 0 spiro atoms. The molecule has 9 heteroatoms. The molecule has 0 aliphatic carbocycles. The van der Waals surface area contributed by atoms with E-state index in [0.717, 1.165) is 37.7 Å². The number of carbonyl (C=O) groups excluding carboxylic acids is 2. The molecule has 0 heterocycles. The number of hydrogen-bond acceptors (Lipinski definition) is 8. The van der Waals surface area contributed by atoms with Gasteiger partial charge in [0, 0.05) is 12.0 Å². The highest BCUT2D eigenvalue weighted by molar-refractivity contribution is 6.07. The number of amides is 1. The van der Waals surface area contributed by atoms with Crippen molar-refractivity contribution in [3.63, 3.8) is 0 Å². The van der Waals surface area contributed by atoms with E-state index in [0.29, 0.717) is 47.3 Å². The molecule has 2 aromatic carbocycles. The maximum Gasteiger partial charge on any atom is 0.243 e. The van der Waals surface area contributed by atoms with Gasteiger partial charge in [0.2, 0.25) is 11.7 Å². The Morgan fingerprint density at radius 3 is 2.06 bits per heavy atom. The average Bonchev–Trinajstić information content (AvgIpc) is 2.91. The first kappa shape index (κ1) is 28.5. The lowest BCUT2D eigenvalue weighted by atomic mass is 10.1. The predicted octanol–water partition coefficient (Wildman–Crippen LogP) is 4.84. The van der Waals surface area contributed by atoms with Gasteiger partial charge in [-0.15, -0.1) is 0 Å². The van der Waals surface area contributed by atoms with Gasteiger partial charge in [0.25, 0.3) is 0 Å². The first-order valence-corrected chi connectivity index (χ1v) is 11.7. The molecule has 0 unspecified atom stereocenters. The third-order valence-corrected chi connectivity index (χ3v) is 5.49. The smallest absolute Gasteiger partial charge is 0.243 e. The Labute approximate surface area is 211 Å². The number of hydroxylamine groups is 1. The molecule has 0 aliphatic rings. The molecule has 1 amide bonds. The van der Waals surface area contributed by atoms with Crippen molar-refractivity contribution < 1.29 is 38.5 Å². The summed E-state index contributed by atoms with van der Waals surface area (Å²) in [4.78, 5) is 23.8. The largest absolute Gasteiger partial charge is 0.493 e. The highest BCUT2D eigenvalue weighted by atomic mass is 16.5. The number of hydrogen-bond donors (Lipinski definition) is 2. The number of allylic oxidation sites excluding steroid dienone is 1. The van der Waals surface area contributed by atoms with Gasteiger partial charge in [-0.05, 0) is 48.7 Å². The Balaban J connectivity index is 1.97. The molecule has 2 N–H and O–H groups in total. The fourth-order valence-corrected chi connectivity index (χ4v) is 3.56. The number of unbranched alkanes of at least 4 members (excludes halogenated alkanes) is 4.